The average Bonchev–Trinajstić information content (AvgIpc) is 3.32. The Morgan fingerprint density at radius 2 is 2.00 bits per heavy atom. The first-order chi connectivity index (χ1) is 15.5. The van der Waals surface area contributed by atoms with Gasteiger partial charge >= 0.3 is 0 Å². The van der Waals surface area contributed by atoms with Gasteiger partial charge in [-0.25, -0.2) is 9.97 Å². The largest absolute Gasteiger partial charge is 0.481 e. The van der Waals surface area contributed by atoms with Crippen molar-refractivity contribution in [2.24, 2.45) is 0 Å². The molecule has 0 saturated carbocycles. The molecule has 3 heterocycles. The van der Waals surface area contributed by atoms with Crippen LogP contribution >= 0.6 is 22.9 Å². The Balaban J connectivity index is 1.31. The van der Waals surface area contributed by atoms with Crippen LogP contribution in [0, 0.1) is 0 Å². The number of rotatable bonds is 6. The summed E-state index contributed by atoms with van der Waals surface area (Å²) in [4.78, 5) is 35.7. The number of halogens is 1. The zero-order valence-electron chi connectivity index (χ0n) is 17.6. The maximum atomic E-state index is 12.7. The van der Waals surface area contributed by atoms with Crippen molar-refractivity contribution in [1.29, 1.82) is 0 Å². The van der Waals surface area contributed by atoms with Crippen molar-refractivity contribution in [2.75, 3.05) is 25.5 Å². The number of amides is 2. The number of hydrogen-bond donors (Lipinski definition) is 1. The lowest BCUT2D eigenvalue weighted by Gasteiger charge is -2.31. The second-order valence-electron chi connectivity index (χ2n) is 7.54. The Hall–Kier alpha value is -2.97. The van der Waals surface area contributed by atoms with E-state index in [4.69, 9.17) is 16.3 Å². The van der Waals surface area contributed by atoms with Gasteiger partial charge in [0.25, 0.3) is 5.91 Å². The van der Waals surface area contributed by atoms with E-state index in [-0.39, 0.29) is 17.7 Å². The van der Waals surface area contributed by atoms with Crippen LogP contribution in [0.2, 0.25) is 5.02 Å². The molecular formula is C23H23ClN4O3S. The number of aromatic nitrogens is 2. The topological polar surface area (TPSA) is 84.4 Å². The summed E-state index contributed by atoms with van der Waals surface area (Å²) in [5.41, 5.74) is 1.82. The standard InChI is InChI=1S/C23H23ClN4O3S/c1-31-20-7-6-17(13-25-20)26-22(30)19-14-32-23(27-19)15-8-10-28(11-9-15)21(29)12-16-4-2-3-5-18(16)24/h2-7,13-15H,8-12H2,1H3,(H,26,30). The number of nitrogens with one attached hydrogen (secondary N) is 1. The summed E-state index contributed by atoms with van der Waals surface area (Å²) in [5.74, 6) is 0.542. The third kappa shape index (κ3) is 5.26. The van der Waals surface area contributed by atoms with Crippen LogP contribution in [0.5, 0.6) is 5.88 Å². The zero-order chi connectivity index (χ0) is 22.5. The van der Waals surface area contributed by atoms with Gasteiger partial charge in [0.1, 0.15) is 5.69 Å². The molecule has 1 aromatic carbocycles. The van der Waals surface area contributed by atoms with Gasteiger partial charge in [-0.3, -0.25) is 9.59 Å². The summed E-state index contributed by atoms with van der Waals surface area (Å²) in [6.45, 7) is 1.35. The van der Waals surface area contributed by atoms with Crippen LogP contribution in [0.4, 0.5) is 5.69 Å². The van der Waals surface area contributed by atoms with E-state index in [1.54, 1.807) is 29.8 Å². The molecule has 9 heteroatoms. The van der Waals surface area contributed by atoms with Gasteiger partial charge in [0, 0.05) is 35.5 Å². The van der Waals surface area contributed by atoms with Gasteiger partial charge in [-0.1, -0.05) is 29.8 Å². The number of carbonyl (C=O) groups excluding carboxylic acids is 2. The Bertz CT molecular complexity index is 1090. The fraction of sp³-hybridized carbons (Fsp3) is 0.304. The fourth-order valence-corrected chi connectivity index (χ4v) is 4.82. The number of methoxy groups -OCH3 is 1. The minimum absolute atomic E-state index is 0.0869. The highest BCUT2D eigenvalue weighted by Crippen LogP contribution is 2.31. The predicted molar refractivity (Wildman–Crippen MR) is 125 cm³/mol. The molecule has 0 bridgehead atoms. The van der Waals surface area contributed by atoms with Crippen LogP contribution < -0.4 is 10.1 Å². The molecular weight excluding hydrogens is 448 g/mol. The highest BCUT2D eigenvalue weighted by Gasteiger charge is 2.26. The average molecular weight is 471 g/mol. The first-order valence-electron chi connectivity index (χ1n) is 10.3. The van der Waals surface area contributed by atoms with Gasteiger partial charge in [-0.05, 0) is 30.5 Å². The van der Waals surface area contributed by atoms with E-state index in [0.29, 0.717) is 41.8 Å². The molecule has 0 unspecified atom stereocenters. The van der Waals surface area contributed by atoms with Crippen molar-refractivity contribution < 1.29 is 14.3 Å². The summed E-state index contributed by atoms with van der Waals surface area (Å²) in [7, 11) is 1.54. The van der Waals surface area contributed by atoms with Crippen LogP contribution in [-0.4, -0.2) is 46.9 Å². The van der Waals surface area contributed by atoms with Gasteiger partial charge in [0.15, 0.2) is 0 Å². The first kappa shape index (κ1) is 22.2. The molecule has 2 amide bonds. The monoisotopic (exact) mass is 470 g/mol. The van der Waals surface area contributed by atoms with E-state index in [2.05, 4.69) is 15.3 Å². The summed E-state index contributed by atoms with van der Waals surface area (Å²) >= 11 is 7.67. The molecule has 0 radical (unpaired) electrons. The summed E-state index contributed by atoms with van der Waals surface area (Å²) in [6.07, 6.45) is 3.50. The first-order valence-corrected chi connectivity index (χ1v) is 11.6. The third-order valence-electron chi connectivity index (χ3n) is 5.45. The van der Waals surface area contributed by atoms with Crippen LogP contribution in [0.3, 0.4) is 0 Å². The van der Waals surface area contributed by atoms with Crippen molar-refractivity contribution in [3.05, 3.63) is 69.3 Å². The van der Waals surface area contributed by atoms with Gasteiger partial charge in [-0.15, -0.1) is 11.3 Å². The van der Waals surface area contributed by atoms with E-state index in [1.807, 2.05) is 23.1 Å². The SMILES string of the molecule is COc1ccc(NC(=O)c2csc(C3CCN(C(=O)Cc4ccccc4Cl)CC3)n2)cn1. The lowest BCUT2D eigenvalue weighted by atomic mass is 9.97. The Morgan fingerprint density at radius 1 is 1.22 bits per heavy atom. The molecule has 1 fully saturated rings. The number of pyridine rings is 1. The molecule has 2 aromatic heterocycles. The summed E-state index contributed by atoms with van der Waals surface area (Å²) < 4.78 is 5.02. The fourth-order valence-electron chi connectivity index (χ4n) is 3.64. The van der Waals surface area contributed by atoms with Crippen LogP contribution in [-0.2, 0) is 11.2 Å². The summed E-state index contributed by atoms with van der Waals surface area (Å²) in [6, 6.07) is 10.9. The minimum Gasteiger partial charge on any atom is -0.481 e. The zero-order valence-corrected chi connectivity index (χ0v) is 19.2. The summed E-state index contributed by atoms with van der Waals surface area (Å²) in [5, 5.41) is 6.13. The van der Waals surface area contributed by atoms with Crippen molar-refractivity contribution >= 4 is 40.4 Å². The molecule has 32 heavy (non-hydrogen) atoms. The molecule has 3 aromatic rings. The molecule has 7 nitrogen and oxygen atoms in total. The maximum Gasteiger partial charge on any atom is 0.275 e. The van der Waals surface area contributed by atoms with Gasteiger partial charge < -0.3 is 15.0 Å². The molecule has 4 rings (SSSR count). The quantitative estimate of drug-likeness (QED) is 0.577. The smallest absolute Gasteiger partial charge is 0.275 e. The maximum absolute atomic E-state index is 12.7. The van der Waals surface area contributed by atoms with E-state index in [0.717, 1.165) is 23.4 Å². The highest BCUT2D eigenvalue weighted by atomic mass is 35.5. The molecule has 1 aliphatic heterocycles. The Morgan fingerprint density at radius 3 is 2.69 bits per heavy atom. The molecule has 0 atom stereocenters. The number of benzene rings is 1. The third-order valence-corrected chi connectivity index (χ3v) is 6.83. The number of thiazole rings is 1. The van der Waals surface area contributed by atoms with Crippen LogP contribution in [0.1, 0.15) is 39.8 Å². The number of ether oxygens (including phenoxy) is 1. The van der Waals surface area contributed by atoms with E-state index < -0.39 is 0 Å². The number of piperidine rings is 1. The van der Waals surface area contributed by atoms with Gasteiger partial charge in [0.05, 0.1) is 30.4 Å². The van der Waals surface area contributed by atoms with Gasteiger partial charge in [-0.2, -0.15) is 0 Å². The van der Waals surface area contributed by atoms with Crippen LogP contribution in [0.25, 0.3) is 0 Å². The minimum atomic E-state index is -0.271. The lowest BCUT2D eigenvalue weighted by molar-refractivity contribution is -0.131. The molecule has 0 aliphatic carbocycles. The second kappa shape index (κ2) is 10.1. The van der Waals surface area contributed by atoms with E-state index >= 15 is 0 Å². The molecule has 1 saturated heterocycles. The number of hydrogen-bond acceptors (Lipinski definition) is 6. The normalized spacial score (nSPS) is 14.2. The number of carbonyl (C=O) groups is 2. The number of likely N-dealkylation sites (tertiary alicyclic amines) is 1. The molecule has 0 spiro atoms. The van der Waals surface area contributed by atoms with E-state index in [9.17, 15) is 9.59 Å². The van der Waals surface area contributed by atoms with Crippen molar-refractivity contribution in [1.82, 2.24) is 14.9 Å². The highest BCUT2D eigenvalue weighted by molar-refractivity contribution is 7.10. The molecule has 1 N–H and O–H groups in total. The number of anilines is 1. The Kier molecular flexibility index (Phi) is 7.02. The predicted octanol–water partition coefficient (Wildman–Crippen LogP) is 4.40. The van der Waals surface area contributed by atoms with Crippen molar-refractivity contribution in [3.8, 4) is 5.88 Å². The van der Waals surface area contributed by atoms with Gasteiger partial charge in [0.2, 0.25) is 11.8 Å². The van der Waals surface area contributed by atoms with Crippen molar-refractivity contribution in [2.45, 2.75) is 25.2 Å². The second-order valence-corrected chi connectivity index (χ2v) is 8.83. The van der Waals surface area contributed by atoms with Crippen molar-refractivity contribution in [3.63, 3.8) is 0 Å². The Labute approximate surface area is 195 Å². The van der Waals surface area contributed by atoms with Crippen LogP contribution in [0.15, 0.2) is 48.0 Å². The molecule has 166 valence electrons. The van der Waals surface area contributed by atoms with E-state index in [1.165, 1.54) is 18.4 Å². The number of nitrogens with zero attached hydrogens (tertiary/aromatic N) is 3. The lowest BCUT2D eigenvalue weighted by Crippen LogP contribution is -2.38. The molecule has 1 aliphatic rings.